The number of fused-ring (bicyclic) bond motifs is 2. The molecule has 4 rings (SSSR count). The Bertz CT molecular complexity index is 1050. The number of ketones is 1. The lowest BCUT2D eigenvalue weighted by Crippen LogP contribution is -2.16. The monoisotopic (exact) mass is 362 g/mol. The Morgan fingerprint density at radius 2 is 1.69 bits per heavy atom. The van der Waals surface area contributed by atoms with E-state index in [1.165, 1.54) is 16.7 Å². The van der Waals surface area contributed by atoms with E-state index in [2.05, 4.69) is 44.6 Å². The summed E-state index contributed by atoms with van der Waals surface area (Å²) in [4.78, 5) is 14.4. The van der Waals surface area contributed by atoms with Crippen molar-refractivity contribution in [2.24, 2.45) is 0 Å². The summed E-state index contributed by atoms with van der Waals surface area (Å²) >= 11 is 0. The Hall–Kier alpha value is -2.52. The summed E-state index contributed by atoms with van der Waals surface area (Å²) in [5, 5.41) is 10.1. The third kappa shape index (κ3) is 2.46. The fourth-order valence-electron chi connectivity index (χ4n) is 3.83. The highest BCUT2D eigenvalue weighted by Gasteiger charge is 2.35. The van der Waals surface area contributed by atoms with E-state index in [0.29, 0.717) is 0 Å². The first kappa shape index (κ1) is 16.9. The number of rotatable bonds is 1. The Balaban J connectivity index is 2.15. The molecule has 2 aromatic carbocycles. The van der Waals surface area contributed by atoms with E-state index in [1.54, 1.807) is 18.2 Å². The second-order valence-corrected chi connectivity index (χ2v) is 10.9. The number of aryl methyl sites for hydroxylation is 2. The second kappa shape index (κ2) is 5.75. The van der Waals surface area contributed by atoms with Crippen LogP contribution in [0.3, 0.4) is 0 Å². The Morgan fingerprint density at radius 1 is 0.923 bits per heavy atom. The summed E-state index contributed by atoms with van der Waals surface area (Å²) in [7, 11) is -1.39. The summed E-state index contributed by atoms with van der Waals surface area (Å²) in [6, 6.07) is 12.1. The molecule has 0 atom stereocenters. The number of hydrogen-bond donors (Lipinski definition) is 1. The average Bonchev–Trinajstić information content (AvgIpc) is 2.59. The molecule has 0 unspecified atom stereocenters. The molecule has 3 heteroatoms. The third-order valence-corrected chi connectivity index (χ3v) is 8.09. The molecule has 1 N–H and O–H groups in total. The van der Waals surface area contributed by atoms with E-state index in [1.807, 2.05) is 18.2 Å². The highest BCUT2D eigenvalue weighted by molar-refractivity contribution is 8.36. The van der Waals surface area contributed by atoms with Gasteiger partial charge in [-0.2, -0.15) is 10.0 Å². The second-order valence-electron chi connectivity index (χ2n) is 7.36. The Morgan fingerprint density at radius 3 is 2.46 bits per heavy atom. The van der Waals surface area contributed by atoms with Gasteiger partial charge in [-0.1, -0.05) is 23.8 Å². The number of phenols is 1. The van der Waals surface area contributed by atoms with Crippen molar-refractivity contribution in [3.63, 3.8) is 0 Å². The lowest BCUT2D eigenvalue weighted by atomic mass is 9.87. The predicted molar refractivity (Wildman–Crippen MR) is 110 cm³/mol. The average molecular weight is 362 g/mol. The van der Waals surface area contributed by atoms with E-state index in [4.69, 9.17) is 0 Å². The van der Waals surface area contributed by atoms with Crippen LogP contribution in [0.5, 0.6) is 5.75 Å². The van der Waals surface area contributed by atoms with E-state index in [-0.39, 0.29) is 11.5 Å². The van der Waals surface area contributed by atoms with E-state index in [0.717, 1.165) is 26.5 Å². The molecule has 2 aliphatic rings. The molecular weight excluding hydrogens is 340 g/mol. The van der Waals surface area contributed by atoms with Gasteiger partial charge in [0.15, 0.2) is 5.78 Å². The number of hydrogen-bond acceptors (Lipinski definition) is 2. The van der Waals surface area contributed by atoms with Crippen LogP contribution in [-0.2, 0) is 4.79 Å². The van der Waals surface area contributed by atoms with Gasteiger partial charge in [0, 0.05) is 9.80 Å². The van der Waals surface area contributed by atoms with Crippen molar-refractivity contribution in [3.8, 4) is 5.75 Å². The number of carbonyl (C=O) groups excluding carboxylic acids is 1. The molecule has 2 aromatic rings. The summed E-state index contributed by atoms with van der Waals surface area (Å²) in [6.45, 7) is 4.22. The summed E-state index contributed by atoms with van der Waals surface area (Å²) in [6.07, 6.45) is 9.81. The summed E-state index contributed by atoms with van der Waals surface area (Å²) in [5.74, 6) is 0.305. The number of aromatic hydroxyl groups is 1. The SMILES string of the molecule is Cc1ccc(C)c(C2=C3C=CC(=O)C=C3S(C)(C)c3cc(O)ccc32)c1. The number of carbonyl (C=O) groups is 1. The Labute approximate surface area is 155 Å². The van der Waals surface area contributed by atoms with Crippen LogP contribution in [0.2, 0.25) is 0 Å². The van der Waals surface area contributed by atoms with Gasteiger partial charge in [0.05, 0.1) is 0 Å². The maximum atomic E-state index is 12.1. The van der Waals surface area contributed by atoms with Gasteiger partial charge in [-0.05, 0) is 90.6 Å². The van der Waals surface area contributed by atoms with Gasteiger partial charge in [-0.25, -0.2) is 0 Å². The molecule has 0 spiro atoms. The normalized spacial score (nSPS) is 18.9. The molecule has 26 heavy (non-hydrogen) atoms. The van der Waals surface area contributed by atoms with Crippen LogP contribution in [0.15, 0.2) is 70.0 Å². The molecule has 1 heterocycles. The fraction of sp³-hybridized carbons (Fsp3) is 0.174. The maximum Gasteiger partial charge on any atom is 0.179 e. The lowest BCUT2D eigenvalue weighted by molar-refractivity contribution is -0.110. The minimum Gasteiger partial charge on any atom is -0.508 e. The molecule has 0 bridgehead atoms. The first-order chi connectivity index (χ1) is 12.3. The Kier molecular flexibility index (Phi) is 3.74. The quantitative estimate of drug-likeness (QED) is 0.750. The van der Waals surface area contributed by atoms with Gasteiger partial charge < -0.3 is 5.11 Å². The van der Waals surface area contributed by atoms with Crippen molar-refractivity contribution in [2.75, 3.05) is 12.5 Å². The van der Waals surface area contributed by atoms with Crippen LogP contribution in [0.25, 0.3) is 5.57 Å². The lowest BCUT2D eigenvalue weighted by Gasteiger charge is -2.43. The van der Waals surface area contributed by atoms with E-state index >= 15 is 0 Å². The molecule has 132 valence electrons. The molecule has 0 amide bonds. The van der Waals surface area contributed by atoms with Crippen molar-refractivity contribution in [1.29, 1.82) is 0 Å². The van der Waals surface area contributed by atoms with Gasteiger partial charge in [0.25, 0.3) is 0 Å². The van der Waals surface area contributed by atoms with E-state index < -0.39 is 10.0 Å². The van der Waals surface area contributed by atoms with Crippen molar-refractivity contribution < 1.29 is 9.90 Å². The van der Waals surface area contributed by atoms with Gasteiger partial charge in [0.2, 0.25) is 0 Å². The molecule has 1 aliphatic heterocycles. The standard InChI is InChI=1S/C23H22O2S/c1-14-5-6-15(2)20(11-14)23-18-9-7-16(24)12-21(18)26(3,4)22-13-17(25)8-10-19(22)23/h5-13,24H,1-4H3. The number of phenolic OH excluding ortho intramolecular Hbond substituents is 1. The highest BCUT2D eigenvalue weighted by atomic mass is 32.3. The van der Waals surface area contributed by atoms with Gasteiger partial charge in [-0.3, -0.25) is 4.79 Å². The maximum absolute atomic E-state index is 12.1. The van der Waals surface area contributed by atoms with Crippen LogP contribution in [0, 0.1) is 13.8 Å². The molecule has 2 nitrogen and oxygen atoms in total. The van der Waals surface area contributed by atoms with Crippen LogP contribution in [0.4, 0.5) is 0 Å². The van der Waals surface area contributed by atoms with Gasteiger partial charge in [0.1, 0.15) is 5.75 Å². The predicted octanol–water partition coefficient (Wildman–Crippen LogP) is 5.27. The van der Waals surface area contributed by atoms with Crippen LogP contribution >= 0.6 is 10.0 Å². The van der Waals surface area contributed by atoms with Gasteiger partial charge in [-0.15, -0.1) is 0 Å². The smallest absolute Gasteiger partial charge is 0.179 e. The first-order valence-electron chi connectivity index (χ1n) is 8.62. The minimum absolute atomic E-state index is 0.0354. The summed E-state index contributed by atoms with van der Waals surface area (Å²) in [5.41, 5.74) is 7.04. The van der Waals surface area contributed by atoms with Crippen molar-refractivity contribution in [2.45, 2.75) is 18.7 Å². The van der Waals surface area contributed by atoms with Crippen LogP contribution in [0.1, 0.15) is 22.3 Å². The largest absolute Gasteiger partial charge is 0.508 e. The zero-order valence-electron chi connectivity index (χ0n) is 15.5. The van der Waals surface area contributed by atoms with Crippen LogP contribution in [-0.4, -0.2) is 23.4 Å². The number of allylic oxidation sites excluding steroid dienone is 4. The molecule has 1 aliphatic carbocycles. The zero-order chi connectivity index (χ0) is 18.6. The number of benzene rings is 2. The molecule has 0 aromatic heterocycles. The van der Waals surface area contributed by atoms with Crippen molar-refractivity contribution in [3.05, 3.63) is 87.4 Å². The first-order valence-corrected chi connectivity index (χ1v) is 11.1. The third-order valence-electron chi connectivity index (χ3n) is 5.22. The zero-order valence-corrected chi connectivity index (χ0v) is 16.3. The molecule has 0 fully saturated rings. The molecular formula is C23H22O2S. The molecule has 0 saturated heterocycles. The van der Waals surface area contributed by atoms with Crippen LogP contribution < -0.4 is 0 Å². The van der Waals surface area contributed by atoms with Gasteiger partial charge >= 0.3 is 0 Å². The fourth-order valence-corrected chi connectivity index (χ4v) is 6.33. The van der Waals surface area contributed by atoms with Crippen molar-refractivity contribution in [1.82, 2.24) is 0 Å². The van der Waals surface area contributed by atoms with E-state index in [9.17, 15) is 9.90 Å². The highest BCUT2D eigenvalue weighted by Crippen LogP contribution is 2.66. The molecule has 0 saturated carbocycles. The minimum atomic E-state index is -1.39. The van der Waals surface area contributed by atoms with Crippen molar-refractivity contribution >= 4 is 21.4 Å². The summed E-state index contributed by atoms with van der Waals surface area (Å²) < 4.78 is 0. The molecule has 0 radical (unpaired) electrons. The topological polar surface area (TPSA) is 37.3 Å².